The van der Waals surface area contributed by atoms with E-state index in [2.05, 4.69) is 34.7 Å². The van der Waals surface area contributed by atoms with Crippen molar-refractivity contribution in [2.45, 2.75) is 52.0 Å². The van der Waals surface area contributed by atoms with Gasteiger partial charge in [-0.05, 0) is 71.0 Å². The normalized spacial score (nSPS) is 16.2. The zero-order chi connectivity index (χ0) is 20.1. The van der Waals surface area contributed by atoms with Crippen molar-refractivity contribution in [2.24, 2.45) is 5.92 Å². The number of aromatic nitrogens is 2. The zero-order valence-electron chi connectivity index (χ0n) is 17.5. The third-order valence-corrected chi connectivity index (χ3v) is 5.69. The van der Waals surface area contributed by atoms with E-state index in [1.807, 2.05) is 48.9 Å². The number of carbonyl (C=O) groups is 1. The largest absolute Gasteiger partial charge is 0.336 e. The van der Waals surface area contributed by atoms with E-state index >= 15 is 0 Å². The summed E-state index contributed by atoms with van der Waals surface area (Å²) in [6.45, 7) is 4.67. The summed E-state index contributed by atoms with van der Waals surface area (Å²) in [6, 6.07) is 10.0. The molecule has 1 aliphatic carbocycles. The van der Waals surface area contributed by atoms with E-state index in [9.17, 15) is 4.79 Å². The van der Waals surface area contributed by atoms with E-state index in [-0.39, 0.29) is 6.03 Å². The maximum Gasteiger partial charge on any atom is 0.319 e. The molecule has 1 fully saturated rings. The number of nitrogens with zero attached hydrogens (tertiary/aromatic N) is 3. The Morgan fingerprint density at radius 2 is 1.96 bits per heavy atom. The molecule has 1 saturated carbocycles. The Morgan fingerprint density at radius 3 is 2.61 bits per heavy atom. The quantitative estimate of drug-likeness (QED) is 0.789. The predicted octanol–water partition coefficient (Wildman–Crippen LogP) is 4.12. The van der Waals surface area contributed by atoms with E-state index in [1.165, 1.54) is 32.1 Å². The number of nitrogens with one attached hydrogen (secondary N) is 2. The lowest BCUT2D eigenvalue weighted by Crippen LogP contribution is -2.46. The van der Waals surface area contributed by atoms with Crippen molar-refractivity contribution in [1.29, 1.82) is 0 Å². The molecule has 0 bridgehead atoms. The number of likely N-dealkylation sites (N-methyl/N-ethyl adjacent to an activating group) is 1. The minimum absolute atomic E-state index is 0.159. The smallest absolute Gasteiger partial charge is 0.319 e. The molecule has 28 heavy (non-hydrogen) atoms. The minimum Gasteiger partial charge on any atom is -0.336 e. The molecular weight excluding hydrogens is 350 g/mol. The predicted molar refractivity (Wildman–Crippen MR) is 114 cm³/mol. The van der Waals surface area contributed by atoms with Gasteiger partial charge in [-0.1, -0.05) is 25.3 Å². The number of aryl methyl sites for hydroxylation is 2. The van der Waals surface area contributed by atoms with Gasteiger partial charge in [-0.25, -0.2) is 9.48 Å². The van der Waals surface area contributed by atoms with Gasteiger partial charge in [0.1, 0.15) is 0 Å². The third-order valence-electron chi connectivity index (χ3n) is 5.69. The number of amides is 2. The highest BCUT2D eigenvalue weighted by Crippen LogP contribution is 2.28. The summed E-state index contributed by atoms with van der Waals surface area (Å²) in [6.07, 6.45) is 6.48. The lowest BCUT2D eigenvalue weighted by atomic mass is 9.83. The molecule has 1 heterocycles. The van der Waals surface area contributed by atoms with Crippen LogP contribution in [0.4, 0.5) is 10.5 Å². The topological polar surface area (TPSA) is 62.2 Å². The highest BCUT2D eigenvalue weighted by Gasteiger charge is 2.25. The van der Waals surface area contributed by atoms with Crippen LogP contribution in [-0.2, 0) is 0 Å². The van der Waals surface area contributed by atoms with Gasteiger partial charge in [0.05, 0.1) is 11.4 Å². The average Bonchev–Trinajstić information content (AvgIpc) is 3.01. The number of hydrogen-bond acceptors (Lipinski definition) is 3. The standard InChI is InChI=1S/C22H33N5O/c1-16-13-17(2)27(25-16)20-12-8-11-19(14-20)24-22(28)23-15-21(26(3)4)18-9-6-5-7-10-18/h8,11-14,18,21H,5-7,9-10,15H2,1-4H3,(H2,23,24,28)/t21-/m1/s1. The number of rotatable bonds is 6. The lowest BCUT2D eigenvalue weighted by Gasteiger charge is -2.34. The second-order valence-corrected chi connectivity index (χ2v) is 8.15. The number of anilines is 1. The van der Waals surface area contributed by atoms with Crippen molar-refractivity contribution in [3.8, 4) is 5.69 Å². The Balaban J connectivity index is 1.60. The number of urea groups is 1. The Hall–Kier alpha value is -2.34. The second kappa shape index (κ2) is 9.24. The highest BCUT2D eigenvalue weighted by atomic mass is 16.2. The van der Waals surface area contributed by atoms with Crippen LogP contribution in [0, 0.1) is 19.8 Å². The summed E-state index contributed by atoms with van der Waals surface area (Å²) in [5.41, 5.74) is 3.75. The molecule has 0 unspecified atom stereocenters. The molecule has 0 spiro atoms. The first-order valence-electron chi connectivity index (χ1n) is 10.3. The number of benzene rings is 1. The van der Waals surface area contributed by atoms with Gasteiger partial charge < -0.3 is 15.5 Å². The summed E-state index contributed by atoms with van der Waals surface area (Å²) in [5, 5.41) is 10.6. The minimum atomic E-state index is -0.159. The van der Waals surface area contributed by atoms with Crippen LogP contribution in [0.2, 0.25) is 0 Å². The fourth-order valence-corrected chi connectivity index (χ4v) is 4.27. The van der Waals surface area contributed by atoms with Crippen LogP contribution in [0.25, 0.3) is 5.69 Å². The SMILES string of the molecule is Cc1cc(C)n(-c2cccc(NC(=O)NC[C@H](C3CCCCC3)N(C)C)c2)n1. The summed E-state index contributed by atoms with van der Waals surface area (Å²) < 4.78 is 1.89. The Morgan fingerprint density at radius 1 is 1.21 bits per heavy atom. The lowest BCUT2D eigenvalue weighted by molar-refractivity contribution is 0.167. The van der Waals surface area contributed by atoms with E-state index in [0.717, 1.165) is 22.8 Å². The van der Waals surface area contributed by atoms with Crippen molar-refractivity contribution in [3.05, 3.63) is 41.7 Å². The average molecular weight is 384 g/mol. The molecule has 1 aliphatic rings. The van der Waals surface area contributed by atoms with Crippen LogP contribution in [0.5, 0.6) is 0 Å². The fraction of sp³-hybridized carbons (Fsp3) is 0.545. The van der Waals surface area contributed by atoms with Crippen molar-refractivity contribution >= 4 is 11.7 Å². The van der Waals surface area contributed by atoms with Crippen molar-refractivity contribution in [3.63, 3.8) is 0 Å². The number of hydrogen-bond donors (Lipinski definition) is 2. The first kappa shape index (κ1) is 20.4. The first-order valence-corrected chi connectivity index (χ1v) is 10.3. The summed E-state index contributed by atoms with van der Waals surface area (Å²) in [5.74, 6) is 0.665. The van der Waals surface area contributed by atoms with Gasteiger partial charge in [0.15, 0.2) is 0 Å². The molecule has 0 radical (unpaired) electrons. The summed E-state index contributed by atoms with van der Waals surface area (Å²) in [4.78, 5) is 14.7. The van der Waals surface area contributed by atoms with Crippen LogP contribution in [0.3, 0.4) is 0 Å². The van der Waals surface area contributed by atoms with Gasteiger partial charge in [0, 0.05) is 24.0 Å². The van der Waals surface area contributed by atoms with Crippen molar-refractivity contribution < 1.29 is 4.79 Å². The van der Waals surface area contributed by atoms with Crippen LogP contribution in [-0.4, -0.2) is 47.4 Å². The van der Waals surface area contributed by atoms with E-state index < -0.39 is 0 Å². The Labute approximate surface area is 168 Å². The zero-order valence-corrected chi connectivity index (χ0v) is 17.5. The summed E-state index contributed by atoms with van der Waals surface area (Å²) in [7, 11) is 4.22. The van der Waals surface area contributed by atoms with Crippen LogP contribution in [0.15, 0.2) is 30.3 Å². The molecule has 6 heteroatoms. The molecule has 2 N–H and O–H groups in total. The highest BCUT2D eigenvalue weighted by molar-refractivity contribution is 5.89. The molecule has 3 rings (SSSR count). The molecule has 1 aromatic carbocycles. The molecule has 1 aromatic heterocycles. The fourth-order valence-electron chi connectivity index (χ4n) is 4.27. The van der Waals surface area contributed by atoms with E-state index in [1.54, 1.807) is 0 Å². The van der Waals surface area contributed by atoms with Crippen molar-refractivity contribution in [2.75, 3.05) is 26.0 Å². The Bertz CT molecular complexity index is 792. The van der Waals surface area contributed by atoms with Gasteiger partial charge in [-0.2, -0.15) is 5.10 Å². The number of carbonyl (C=O) groups excluding carboxylic acids is 1. The monoisotopic (exact) mass is 383 g/mol. The molecule has 6 nitrogen and oxygen atoms in total. The first-order chi connectivity index (χ1) is 13.4. The molecule has 0 aliphatic heterocycles. The second-order valence-electron chi connectivity index (χ2n) is 8.15. The molecule has 2 amide bonds. The molecule has 1 atom stereocenters. The van der Waals surface area contributed by atoms with Crippen LogP contribution in [0.1, 0.15) is 43.5 Å². The van der Waals surface area contributed by atoms with Gasteiger partial charge in [0.2, 0.25) is 0 Å². The van der Waals surface area contributed by atoms with Gasteiger partial charge in [-0.15, -0.1) is 0 Å². The molecule has 2 aromatic rings. The Kier molecular flexibility index (Phi) is 6.73. The molecule has 152 valence electrons. The van der Waals surface area contributed by atoms with Crippen LogP contribution < -0.4 is 10.6 Å². The molecule has 0 saturated heterocycles. The maximum absolute atomic E-state index is 12.5. The maximum atomic E-state index is 12.5. The van der Waals surface area contributed by atoms with Crippen molar-refractivity contribution in [1.82, 2.24) is 20.0 Å². The molecular formula is C22H33N5O. The summed E-state index contributed by atoms with van der Waals surface area (Å²) >= 11 is 0. The van der Waals surface area contributed by atoms with Gasteiger partial charge in [-0.3, -0.25) is 0 Å². The van der Waals surface area contributed by atoms with Gasteiger partial charge >= 0.3 is 6.03 Å². The third kappa shape index (κ3) is 5.13. The van der Waals surface area contributed by atoms with E-state index in [0.29, 0.717) is 18.5 Å². The van der Waals surface area contributed by atoms with Gasteiger partial charge in [0.25, 0.3) is 0 Å². The van der Waals surface area contributed by atoms with Crippen LogP contribution >= 0.6 is 0 Å². The van der Waals surface area contributed by atoms with E-state index in [4.69, 9.17) is 0 Å².